The Hall–Kier alpha value is -1.45. The lowest BCUT2D eigenvalue weighted by atomic mass is 10.1. The maximum Gasteiger partial charge on any atom is 0.306 e. The lowest BCUT2D eigenvalue weighted by Crippen LogP contribution is -2.02. The first-order valence-corrected chi connectivity index (χ1v) is 4.74. The molecule has 2 rings (SSSR count). The molecule has 1 saturated carbocycles. The predicted molar refractivity (Wildman–Crippen MR) is 49.3 cm³/mol. The molecule has 1 fully saturated rings. The van der Waals surface area contributed by atoms with Crippen LogP contribution < -0.4 is 0 Å². The van der Waals surface area contributed by atoms with Crippen molar-refractivity contribution in [1.82, 2.24) is 0 Å². The van der Waals surface area contributed by atoms with Crippen LogP contribution in [0.5, 0.6) is 0 Å². The average Bonchev–Trinajstić information content (AvgIpc) is 2.89. The molecule has 0 radical (unpaired) electrons. The Morgan fingerprint density at radius 3 is 2.73 bits per heavy atom. The number of carboxylic acid groups (broad SMARTS) is 1. The van der Waals surface area contributed by atoms with E-state index in [0.29, 0.717) is 18.4 Å². The van der Waals surface area contributed by atoms with Crippen molar-refractivity contribution in [3.8, 4) is 0 Å². The van der Waals surface area contributed by atoms with Crippen LogP contribution in [0.2, 0.25) is 0 Å². The molecule has 1 aromatic rings. The minimum absolute atomic E-state index is 0.00228. The van der Waals surface area contributed by atoms with E-state index >= 15 is 0 Å². The van der Waals surface area contributed by atoms with Crippen LogP contribution in [0.15, 0.2) is 18.2 Å². The first-order valence-electron chi connectivity index (χ1n) is 4.74. The SMILES string of the molecule is O=C(O)[C@H]1C[C@@H]1Cc1ccc(F)cc1F. The van der Waals surface area contributed by atoms with Gasteiger partial charge in [-0.05, 0) is 30.4 Å². The molecule has 2 atom stereocenters. The first kappa shape index (κ1) is 10.1. The molecule has 4 heteroatoms. The highest BCUT2D eigenvalue weighted by molar-refractivity contribution is 5.73. The van der Waals surface area contributed by atoms with Gasteiger partial charge >= 0.3 is 5.97 Å². The standard InChI is InChI=1S/C11H10F2O2/c12-8-2-1-6(10(13)5-8)3-7-4-9(7)11(14)15/h1-2,5,7,9H,3-4H2,(H,14,15)/t7-,9-/m0/s1. The number of carbonyl (C=O) groups is 1. The third-order valence-electron chi connectivity index (χ3n) is 2.74. The molecule has 80 valence electrons. The van der Waals surface area contributed by atoms with Crippen molar-refractivity contribution in [1.29, 1.82) is 0 Å². The van der Waals surface area contributed by atoms with Crippen LogP contribution in [0.1, 0.15) is 12.0 Å². The summed E-state index contributed by atoms with van der Waals surface area (Å²) < 4.78 is 25.8. The molecular weight excluding hydrogens is 202 g/mol. The van der Waals surface area contributed by atoms with Crippen molar-refractivity contribution in [2.45, 2.75) is 12.8 Å². The van der Waals surface area contributed by atoms with E-state index in [-0.39, 0.29) is 11.8 Å². The van der Waals surface area contributed by atoms with E-state index < -0.39 is 17.6 Å². The van der Waals surface area contributed by atoms with Gasteiger partial charge in [0.25, 0.3) is 0 Å². The van der Waals surface area contributed by atoms with E-state index in [1.54, 1.807) is 0 Å². The predicted octanol–water partition coefficient (Wildman–Crippen LogP) is 2.23. The highest BCUT2D eigenvalue weighted by Gasteiger charge is 2.43. The van der Waals surface area contributed by atoms with Crippen molar-refractivity contribution in [2.75, 3.05) is 0 Å². The second-order valence-electron chi connectivity index (χ2n) is 3.88. The summed E-state index contributed by atoms with van der Waals surface area (Å²) in [6, 6.07) is 3.39. The third-order valence-corrected chi connectivity index (χ3v) is 2.74. The molecule has 1 aliphatic rings. The maximum absolute atomic E-state index is 13.2. The van der Waals surface area contributed by atoms with E-state index in [9.17, 15) is 13.6 Å². The number of hydrogen-bond acceptors (Lipinski definition) is 1. The first-order chi connectivity index (χ1) is 7.08. The fourth-order valence-corrected chi connectivity index (χ4v) is 1.75. The summed E-state index contributed by atoms with van der Waals surface area (Å²) in [5.41, 5.74) is 0.394. The van der Waals surface area contributed by atoms with Gasteiger partial charge in [-0.2, -0.15) is 0 Å². The number of hydrogen-bond donors (Lipinski definition) is 1. The van der Waals surface area contributed by atoms with Gasteiger partial charge in [-0.15, -0.1) is 0 Å². The molecule has 15 heavy (non-hydrogen) atoms. The van der Waals surface area contributed by atoms with E-state index in [4.69, 9.17) is 5.11 Å². The minimum Gasteiger partial charge on any atom is -0.481 e. The number of carboxylic acids is 1. The van der Waals surface area contributed by atoms with Crippen LogP contribution in [0, 0.1) is 23.5 Å². The molecule has 0 unspecified atom stereocenters. The smallest absolute Gasteiger partial charge is 0.306 e. The summed E-state index contributed by atoms with van der Waals surface area (Å²) in [6.45, 7) is 0. The zero-order valence-electron chi connectivity index (χ0n) is 7.91. The van der Waals surface area contributed by atoms with Gasteiger partial charge in [0.05, 0.1) is 5.92 Å². The summed E-state index contributed by atoms with van der Waals surface area (Å²) in [6.07, 6.45) is 0.967. The summed E-state index contributed by atoms with van der Waals surface area (Å²) in [5, 5.41) is 8.66. The molecule has 1 aromatic carbocycles. The zero-order valence-corrected chi connectivity index (χ0v) is 7.91. The van der Waals surface area contributed by atoms with Crippen LogP contribution in [0.4, 0.5) is 8.78 Å². The van der Waals surface area contributed by atoms with Gasteiger partial charge in [-0.3, -0.25) is 4.79 Å². The highest BCUT2D eigenvalue weighted by Crippen LogP contribution is 2.41. The van der Waals surface area contributed by atoms with Crippen molar-refractivity contribution in [2.24, 2.45) is 11.8 Å². The van der Waals surface area contributed by atoms with Gasteiger partial charge in [0, 0.05) is 6.07 Å². The Kier molecular flexibility index (Phi) is 2.42. The molecular formula is C11H10F2O2. The van der Waals surface area contributed by atoms with Crippen molar-refractivity contribution in [3.63, 3.8) is 0 Å². The van der Waals surface area contributed by atoms with Crippen molar-refractivity contribution in [3.05, 3.63) is 35.4 Å². The molecule has 0 spiro atoms. The van der Waals surface area contributed by atoms with E-state index in [0.717, 1.165) is 6.07 Å². The number of benzene rings is 1. The fourth-order valence-electron chi connectivity index (χ4n) is 1.75. The van der Waals surface area contributed by atoms with Crippen LogP contribution in [0.3, 0.4) is 0 Å². The van der Waals surface area contributed by atoms with E-state index in [1.807, 2.05) is 0 Å². The summed E-state index contributed by atoms with van der Waals surface area (Å²) >= 11 is 0. The van der Waals surface area contributed by atoms with Crippen molar-refractivity contribution < 1.29 is 18.7 Å². The van der Waals surface area contributed by atoms with Gasteiger partial charge in [0.1, 0.15) is 11.6 Å². The highest BCUT2D eigenvalue weighted by atomic mass is 19.1. The lowest BCUT2D eigenvalue weighted by molar-refractivity contribution is -0.138. The molecule has 2 nitrogen and oxygen atoms in total. The quantitative estimate of drug-likeness (QED) is 0.834. The summed E-state index contributed by atoms with van der Waals surface area (Å²) in [7, 11) is 0. The number of halogens is 2. The Morgan fingerprint density at radius 2 is 2.20 bits per heavy atom. The van der Waals surface area contributed by atoms with Crippen LogP contribution in [-0.2, 0) is 11.2 Å². The van der Waals surface area contributed by atoms with E-state index in [2.05, 4.69) is 0 Å². The molecule has 1 N–H and O–H groups in total. The average molecular weight is 212 g/mol. The zero-order chi connectivity index (χ0) is 11.0. The Bertz CT molecular complexity index is 404. The lowest BCUT2D eigenvalue weighted by Gasteiger charge is -2.01. The molecule has 0 saturated heterocycles. The third kappa shape index (κ3) is 2.14. The van der Waals surface area contributed by atoms with Crippen LogP contribution >= 0.6 is 0 Å². The summed E-state index contributed by atoms with van der Waals surface area (Å²) in [4.78, 5) is 10.5. The topological polar surface area (TPSA) is 37.3 Å². The molecule has 0 aromatic heterocycles. The fraction of sp³-hybridized carbons (Fsp3) is 0.364. The van der Waals surface area contributed by atoms with Crippen LogP contribution in [0.25, 0.3) is 0 Å². The molecule has 0 aliphatic heterocycles. The Balaban J connectivity index is 2.04. The number of aliphatic carboxylic acids is 1. The normalized spacial score (nSPS) is 23.9. The number of rotatable bonds is 3. The second kappa shape index (κ2) is 3.61. The van der Waals surface area contributed by atoms with Gasteiger partial charge in [0.2, 0.25) is 0 Å². The second-order valence-corrected chi connectivity index (χ2v) is 3.88. The minimum atomic E-state index is -0.831. The Morgan fingerprint density at radius 1 is 1.47 bits per heavy atom. The van der Waals surface area contributed by atoms with E-state index in [1.165, 1.54) is 12.1 Å². The van der Waals surface area contributed by atoms with Gasteiger partial charge < -0.3 is 5.11 Å². The molecule has 0 heterocycles. The Labute approximate surface area is 85.5 Å². The van der Waals surface area contributed by atoms with Gasteiger partial charge in [-0.1, -0.05) is 6.07 Å². The maximum atomic E-state index is 13.2. The monoisotopic (exact) mass is 212 g/mol. The molecule has 1 aliphatic carbocycles. The van der Waals surface area contributed by atoms with Crippen molar-refractivity contribution >= 4 is 5.97 Å². The molecule has 0 amide bonds. The van der Waals surface area contributed by atoms with Crippen LogP contribution in [-0.4, -0.2) is 11.1 Å². The largest absolute Gasteiger partial charge is 0.481 e. The molecule has 0 bridgehead atoms. The summed E-state index contributed by atoms with van der Waals surface area (Å²) in [5.74, 6) is -2.38. The van der Waals surface area contributed by atoms with Gasteiger partial charge in [-0.25, -0.2) is 8.78 Å². The van der Waals surface area contributed by atoms with Gasteiger partial charge in [0.15, 0.2) is 0 Å².